The second-order valence-electron chi connectivity index (χ2n) is 4.32. The minimum Gasteiger partial charge on any atom is -0.478 e. The van der Waals surface area contributed by atoms with E-state index in [9.17, 15) is 9.90 Å². The molecule has 1 atom stereocenters. The van der Waals surface area contributed by atoms with Crippen molar-refractivity contribution >= 4 is 45.1 Å². The molecule has 0 amide bonds. The van der Waals surface area contributed by atoms with Crippen molar-refractivity contribution in [3.05, 3.63) is 57.1 Å². The predicted molar refractivity (Wildman–Crippen MR) is 79.6 cm³/mol. The summed E-state index contributed by atoms with van der Waals surface area (Å²) in [5, 5.41) is 10.4. The summed E-state index contributed by atoms with van der Waals surface area (Å²) in [6.07, 6.45) is 0. The number of halogens is 3. The fourth-order valence-corrected chi connectivity index (χ4v) is 3.58. The predicted octanol–water partition coefficient (Wildman–Crippen LogP) is 5.16. The summed E-state index contributed by atoms with van der Waals surface area (Å²) in [5.41, 5.74) is 3.64. The molecule has 0 saturated heterocycles. The molecular weight excluding hydrogens is 351 g/mol. The molecule has 19 heavy (non-hydrogen) atoms. The van der Waals surface area contributed by atoms with Gasteiger partial charge in [0.05, 0.1) is 10.4 Å². The van der Waals surface area contributed by atoms with Crippen molar-refractivity contribution in [3.63, 3.8) is 0 Å². The summed E-state index contributed by atoms with van der Waals surface area (Å²) in [6.45, 7) is 0. The second-order valence-corrected chi connectivity index (χ2v) is 6.11. The molecular formula is C14H7BrCl2O2. The lowest BCUT2D eigenvalue weighted by Gasteiger charge is -2.07. The van der Waals surface area contributed by atoms with Crippen LogP contribution in [-0.2, 0) is 0 Å². The molecule has 1 aliphatic carbocycles. The maximum Gasteiger partial charge on any atom is 0.336 e. The quantitative estimate of drug-likeness (QED) is 0.716. The van der Waals surface area contributed by atoms with E-state index in [1.165, 1.54) is 6.07 Å². The van der Waals surface area contributed by atoms with Crippen LogP contribution in [0.15, 0.2) is 30.3 Å². The van der Waals surface area contributed by atoms with Crippen molar-refractivity contribution < 1.29 is 9.90 Å². The first kappa shape index (κ1) is 13.0. The van der Waals surface area contributed by atoms with Gasteiger partial charge in [-0.3, -0.25) is 0 Å². The molecule has 5 heteroatoms. The molecule has 2 aromatic rings. The van der Waals surface area contributed by atoms with Gasteiger partial charge >= 0.3 is 5.97 Å². The first-order valence-electron chi connectivity index (χ1n) is 5.49. The van der Waals surface area contributed by atoms with Crippen LogP contribution in [0.1, 0.15) is 26.3 Å². The van der Waals surface area contributed by atoms with E-state index in [-0.39, 0.29) is 10.4 Å². The standard InChI is InChI=1S/C14H7BrCl2O2/c15-13-9-3-6(16)1-2-8(9)12-10(13)4-7(17)5-11(12)14(18)19/h1-5,13H,(H,18,19). The number of carbonyl (C=O) groups is 1. The van der Waals surface area contributed by atoms with Crippen molar-refractivity contribution in [2.24, 2.45) is 0 Å². The summed E-state index contributed by atoms with van der Waals surface area (Å²) in [4.78, 5) is 11.3. The number of rotatable bonds is 1. The van der Waals surface area contributed by atoms with Crippen LogP contribution in [0.3, 0.4) is 0 Å². The van der Waals surface area contributed by atoms with Crippen molar-refractivity contribution in [1.29, 1.82) is 0 Å². The van der Waals surface area contributed by atoms with Gasteiger partial charge < -0.3 is 5.11 Å². The van der Waals surface area contributed by atoms with Crippen molar-refractivity contribution in [2.75, 3.05) is 0 Å². The van der Waals surface area contributed by atoms with Gasteiger partial charge in [-0.2, -0.15) is 0 Å². The summed E-state index contributed by atoms with van der Waals surface area (Å²) in [6, 6.07) is 8.71. The molecule has 0 saturated carbocycles. The maximum atomic E-state index is 11.4. The largest absolute Gasteiger partial charge is 0.478 e. The van der Waals surface area contributed by atoms with Crippen LogP contribution >= 0.6 is 39.1 Å². The molecule has 0 aromatic heterocycles. The number of fused-ring (bicyclic) bond motifs is 3. The van der Waals surface area contributed by atoms with Crippen LogP contribution in [0.25, 0.3) is 11.1 Å². The van der Waals surface area contributed by atoms with Crippen molar-refractivity contribution in [1.82, 2.24) is 0 Å². The van der Waals surface area contributed by atoms with Gasteiger partial charge in [-0.25, -0.2) is 4.79 Å². The average Bonchev–Trinajstić information content (AvgIpc) is 2.62. The molecule has 1 N–H and O–H groups in total. The Bertz CT molecular complexity index is 713. The Morgan fingerprint density at radius 1 is 1.11 bits per heavy atom. The molecule has 0 radical (unpaired) electrons. The van der Waals surface area contributed by atoms with E-state index >= 15 is 0 Å². The van der Waals surface area contributed by atoms with Crippen molar-refractivity contribution in [2.45, 2.75) is 4.83 Å². The molecule has 2 aromatic carbocycles. The molecule has 96 valence electrons. The van der Waals surface area contributed by atoms with Gasteiger partial charge in [-0.15, -0.1) is 0 Å². The fourth-order valence-electron chi connectivity index (χ4n) is 2.44. The second kappa shape index (κ2) is 4.51. The normalized spacial score (nSPS) is 16.1. The highest BCUT2D eigenvalue weighted by Crippen LogP contribution is 2.50. The Labute approximate surface area is 128 Å². The van der Waals surface area contributed by atoms with E-state index in [1.54, 1.807) is 12.1 Å². The molecule has 0 fully saturated rings. The lowest BCUT2D eigenvalue weighted by atomic mass is 9.99. The molecule has 2 nitrogen and oxygen atoms in total. The fraction of sp³-hybridized carbons (Fsp3) is 0.0714. The molecule has 1 unspecified atom stereocenters. The van der Waals surface area contributed by atoms with E-state index in [4.69, 9.17) is 23.2 Å². The molecule has 0 bridgehead atoms. The summed E-state index contributed by atoms with van der Waals surface area (Å²) in [7, 11) is 0. The van der Waals surface area contributed by atoms with Gasteiger partial charge in [0.15, 0.2) is 0 Å². The number of carboxylic acid groups (broad SMARTS) is 1. The number of alkyl halides is 1. The Morgan fingerprint density at radius 3 is 2.47 bits per heavy atom. The Hall–Kier alpha value is -1.03. The Balaban J connectivity index is 2.38. The molecule has 0 heterocycles. The number of hydrogen-bond donors (Lipinski definition) is 1. The smallest absolute Gasteiger partial charge is 0.336 e. The zero-order chi connectivity index (χ0) is 13.7. The number of carboxylic acids is 1. The lowest BCUT2D eigenvalue weighted by Crippen LogP contribution is -2.00. The van der Waals surface area contributed by atoms with E-state index in [0.29, 0.717) is 15.6 Å². The van der Waals surface area contributed by atoms with Gasteiger partial charge in [-0.05, 0) is 41.0 Å². The minimum atomic E-state index is -0.985. The lowest BCUT2D eigenvalue weighted by molar-refractivity contribution is 0.0697. The van der Waals surface area contributed by atoms with Crippen LogP contribution in [0.5, 0.6) is 0 Å². The highest BCUT2D eigenvalue weighted by Gasteiger charge is 2.31. The molecule has 1 aliphatic rings. The third kappa shape index (κ3) is 1.97. The summed E-state index contributed by atoms with van der Waals surface area (Å²) in [5.74, 6) is -0.985. The number of hydrogen-bond acceptors (Lipinski definition) is 1. The Kier molecular flexibility index (Phi) is 3.08. The van der Waals surface area contributed by atoms with Crippen molar-refractivity contribution in [3.8, 4) is 11.1 Å². The number of aromatic carboxylic acids is 1. The maximum absolute atomic E-state index is 11.4. The first-order valence-corrected chi connectivity index (χ1v) is 7.17. The topological polar surface area (TPSA) is 37.3 Å². The minimum absolute atomic E-state index is 0.0898. The van der Waals surface area contributed by atoms with Crippen LogP contribution in [0, 0.1) is 0 Å². The van der Waals surface area contributed by atoms with Gasteiger partial charge in [0.1, 0.15) is 0 Å². The summed E-state index contributed by atoms with van der Waals surface area (Å²) >= 11 is 15.6. The monoisotopic (exact) mass is 356 g/mol. The SMILES string of the molecule is O=C(O)c1cc(Cl)cc2c1-c1ccc(Cl)cc1C2Br. The highest BCUT2D eigenvalue weighted by molar-refractivity contribution is 9.09. The van der Waals surface area contributed by atoms with E-state index < -0.39 is 5.97 Å². The highest BCUT2D eigenvalue weighted by atomic mass is 79.9. The van der Waals surface area contributed by atoms with Gasteiger partial charge in [0.25, 0.3) is 0 Å². The van der Waals surface area contributed by atoms with Crippen LogP contribution in [0.4, 0.5) is 0 Å². The first-order chi connectivity index (χ1) is 8.99. The molecule has 0 aliphatic heterocycles. The third-order valence-electron chi connectivity index (χ3n) is 3.19. The molecule has 0 spiro atoms. The summed E-state index contributed by atoms with van der Waals surface area (Å²) < 4.78 is 0. The van der Waals surface area contributed by atoms with E-state index in [2.05, 4.69) is 15.9 Å². The third-order valence-corrected chi connectivity index (χ3v) is 4.63. The number of benzene rings is 2. The van der Waals surface area contributed by atoms with Gasteiger partial charge in [0.2, 0.25) is 0 Å². The van der Waals surface area contributed by atoms with E-state index in [1.807, 2.05) is 12.1 Å². The Morgan fingerprint density at radius 2 is 1.79 bits per heavy atom. The van der Waals surface area contributed by atoms with Crippen LogP contribution < -0.4 is 0 Å². The average molecular weight is 358 g/mol. The van der Waals surface area contributed by atoms with E-state index in [0.717, 1.165) is 16.7 Å². The zero-order valence-corrected chi connectivity index (χ0v) is 12.6. The van der Waals surface area contributed by atoms with Gasteiger partial charge in [-0.1, -0.05) is 45.2 Å². The van der Waals surface area contributed by atoms with Gasteiger partial charge in [0, 0.05) is 15.6 Å². The van der Waals surface area contributed by atoms with Crippen LogP contribution in [0.2, 0.25) is 10.0 Å². The zero-order valence-electron chi connectivity index (χ0n) is 9.45. The van der Waals surface area contributed by atoms with Crippen LogP contribution in [-0.4, -0.2) is 11.1 Å². The molecule has 3 rings (SSSR count).